The lowest BCUT2D eigenvalue weighted by molar-refractivity contribution is 0.219. The third-order valence-corrected chi connectivity index (χ3v) is 0.690. The second-order valence-electron chi connectivity index (χ2n) is 1.21. The highest BCUT2D eigenvalue weighted by Crippen LogP contribution is 1.86. The summed E-state index contributed by atoms with van der Waals surface area (Å²) in [5.41, 5.74) is 0. The van der Waals surface area contributed by atoms with Gasteiger partial charge in [0.25, 0.3) is 0 Å². The van der Waals surface area contributed by atoms with Gasteiger partial charge >= 0.3 is 0 Å². The molecule has 0 unspecified atom stereocenters. The molecule has 0 rings (SSSR count). The average Bonchev–Trinajstić information content (AvgIpc) is 1.65. The molecule has 0 bridgehead atoms. The molecule has 1 heteroatoms. The van der Waals surface area contributed by atoms with Crippen LogP contribution in [0.15, 0.2) is 12.7 Å². The van der Waals surface area contributed by atoms with Gasteiger partial charge in [-0.2, -0.15) is 0 Å². The van der Waals surface area contributed by atoms with E-state index in [1.165, 1.54) is 6.08 Å². The van der Waals surface area contributed by atoms with Gasteiger partial charge in [-0.25, -0.2) is 0 Å². The average molecular weight is 86.1 g/mol. The largest absolute Gasteiger partial charge is 0.389 e. The minimum atomic E-state index is -0.301. The van der Waals surface area contributed by atoms with Crippen LogP contribution in [0.2, 0.25) is 0 Å². The van der Waals surface area contributed by atoms with Gasteiger partial charge in [0.15, 0.2) is 0 Å². The SMILES string of the molecule is C=C[C@@H](O)CC. The summed E-state index contributed by atoms with van der Waals surface area (Å²) in [5.74, 6) is 0. The van der Waals surface area contributed by atoms with E-state index in [9.17, 15) is 0 Å². The summed E-state index contributed by atoms with van der Waals surface area (Å²) in [4.78, 5) is 0. The monoisotopic (exact) mass is 86.1 g/mol. The van der Waals surface area contributed by atoms with Crippen molar-refractivity contribution < 1.29 is 5.11 Å². The second kappa shape index (κ2) is 2.91. The summed E-state index contributed by atoms with van der Waals surface area (Å²) in [6, 6.07) is 0. The van der Waals surface area contributed by atoms with Crippen molar-refractivity contribution in [3.63, 3.8) is 0 Å². The molecule has 36 valence electrons. The van der Waals surface area contributed by atoms with Gasteiger partial charge in [0.1, 0.15) is 0 Å². The topological polar surface area (TPSA) is 20.2 Å². The van der Waals surface area contributed by atoms with Gasteiger partial charge < -0.3 is 5.11 Å². The Labute approximate surface area is 38.3 Å². The smallest absolute Gasteiger partial charge is 0.0715 e. The van der Waals surface area contributed by atoms with E-state index in [-0.39, 0.29) is 6.10 Å². The lowest BCUT2D eigenvalue weighted by Crippen LogP contribution is -1.95. The molecule has 0 heterocycles. The van der Waals surface area contributed by atoms with Crippen molar-refractivity contribution in [1.29, 1.82) is 0 Å². The molecular weight excluding hydrogens is 76.1 g/mol. The number of hydrogen-bond donors (Lipinski definition) is 1. The van der Waals surface area contributed by atoms with Crippen LogP contribution in [0, 0.1) is 0 Å². The summed E-state index contributed by atoms with van der Waals surface area (Å²) in [6.45, 7) is 5.29. The van der Waals surface area contributed by atoms with E-state index in [0.29, 0.717) is 0 Å². The Morgan fingerprint density at radius 3 is 2.50 bits per heavy atom. The predicted octanol–water partition coefficient (Wildman–Crippen LogP) is 0.943. The Bertz CT molecular complexity index is 41.2. The molecule has 0 saturated heterocycles. The van der Waals surface area contributed by atoms with Gasteiger partial charge in [-0.15, -0.1) is 6.58 Å². The van der Waals surface area contributed by atoms with E-state index in [2.05, 4.69) is 6.58 Å². The van der Waals surface area contributed by atoms with Gasteiger partial charge in [0, 0.05) is 0 Å². The van der Waals surface area contributed by atoms with Crippen LogP contribution in [0.5, 0.6) is 0 Å². The van der Waals surface area contributed by atoms with Crippen molar-refractivity contribution in [2.45, 2.75) is 19.4 Å². The van der Waals surface area contributed by atoms with E-state index < -0.39 is 0 Å². The first-order valence-electron chi connectivity index (χ1n) is 2.12. The molecule has 0 aromatic carbocycles. The van der Waals surface area contributed by atoms with Crippen LogP contribution >= 0.6 is 0 Å². The summed E-state index contributed by atoms with van der Waals surface area (Å²) < 4.78 is 0. The molecule has 0 amide bonds. The molecule has 0 spiro atoms. The predicted molar refractivity (Wildman–Crippen MR) is 26.5 cm³/mol. The van der Waals surface area contributed by atoms with Gasteiger partial charge in [0.05, 0.1) is 6.10 Å². The minimum Gasteiger partial charge on any atom is -0.389 e. The fraction of sp³-hybridized carbons (Fsp3) is 0.600. The zero-order valence-electron chi connectivity index (χ0n) is 4.02. The zero-order chi connectivity index (χ0) is 4.99. The van der Waals surface area contributed by atoms with Crippen LogP contribution in [-0.2, 0) is 0 Å². The normalized spacial score (nSPS) is 13.7. The third kappa shape index (κ3) is 1.97. The number of aliphatic hydroxyl groups is 1. The Balaban J connectivity index is 2.96. The molecule has 0 aliphatic rings. The van der Waals surface area contributed by atoms with E-state index in [1.807, 2.05) is 6.92 Å². The summed E-state index contributed by atoms with van der Waals surface area (Å²) in [7, 11) is 0. The lowest BCUT2D eigenvalue weighted by Gasteiger charge is -1.93. The maximum absolute atomic E-state index is 8.55. The Morgan fingerprint density at radius 1 is 2.00 bits per heavy atom. The fourth-order valence-corrected chi connectivity index (χ4v) is 0.167. The molecule has 0 aromatic heterocycles. The quantitative estimate of drug-likeness (QED) is 0.496. The summed E-state index contributed by atoms with van der Waals surface area (Å²) in [5, 5.41) is 8.55. The second-order valence-corrected chi connectivity index (χ2v) is 1.21. The van der Waals surface area contributed by atoms with Crippen LogP contribution in [-0.4, -0.2) is 11.2 Å². The number of aliphatic hydroxyl groups excluding tert-OH is 1. The minimum absolute atomic E-state index is 0.301. The van der Waals surface area contributed by atoms with Gasteiger partial charge in [-0.3, -0.25) is 0 Å². The highest BCUT2D eigenvalue weighted by Gasteiger charge is 1.86. The first kappa shape index (κ1) is 5.70. The molecule has 0 radical (unpaired) electrons. The molecule has 0 aliphatic carbocycles. The van der Waals surface area contributed by atoms with Gasteiger partial charge in [0.2, 0.25) is 0 Å². The van der Waals surface area contributed by atoms with E-state index in [0.717, 1.165) is 6.42 Å². The van der Waals surface area contributed by atoms with Crippen LogP contribution in [0.1, 0.15) is 13.3 Å². The van der Waals surface area contributed by atoms with Crippen LogP contribution in [0.25, 0.3) is 0 Å². The van der Waals surface area contributed by atoms with Crippen LogP contribution in [0.3, 0.4) is 0 Å². The molecule has 1 nitrogen and oxygen atoms in total. The first-order chi connectivity index (χ1) is 2.81. The highest BCUT2D eigenvalue weighted by atomic mass is 16.3. The summed E-state index contributed by atoms with van der Waals surface area (Å²) in [6.07, 6.45) is 1.99. The van der Waals surface area contributed by atoms with Crippen molar-refractivity contribution in [2.24, 2.45) is 0 Å². The molecule has 6 heavy (non-hydrogen) atoms. The molecule has 1 atom stereocenters. The third-order valence-electron chi connectivity index (χ3n) is 0.690. The molecule has 0 fully saturated rings. The Kier molecular flexibility index (Phi) is 2.77. The van der Waals surface area contributed by atoms with E-state index >= 15 is 0 Å². The standard InChI is InChI=1S/C5H10O/c1-3-5(6)4-2/h3,5-6H,1,4H2,2H3/t5-/m1/s1. The van der Waals surface area contributed by atoms with Crippen molar-refractivity contribution in [1.82, 2.24) is 0 Å². The molecular formula is C5H10O. The number of hydrogen-bond acceptors (Lipinski definition) is 1. The van der Waals surface area contributed by atoms with E-state index in [1.54, 1.807) is 0 Å². The Morgan fingerprint density at radius 2 is 2.50 bits per heavy atom. The van der Waals surface area contributed by atoms with Crippen LogP contribution < -0.4 is 0 Å². The van der Waals surface area contributed by atoms with E-state index in [4.69, 9.17) is 5.11 Å². The molecule has 0 aromatic rings. The van der Waals surface area contributed by atoms with Crippen molar-refractivity contribution >= 4 is 0 Å². The maximum atomic E-state index is 8.55. The Hall–Kier alpha value is -0.300. The maximum Gasteiger partial charge on any atom is 0.0715 e. The lowest BCUT2D eigenvalue weighted by atomic mass is 10.3. The summed E-state index contributed by atoms with van der Waals surface area (Å²) >= 11 is 0. The van der Waals surface area contributed by atoms with Crippen molar-refractivity contribution in [2.75, 3.05) is 0 Å². The first-order valence-corrected chi connectivity index (χ1v) is 2.12. The molecule has 0 aliphatic heterocycles. The van der Waals surface area contributed by atoms with Crippen molar-refractivity contribution in [3.05, 3.63) is 12.7 Å². The number of rotatable bonds is 2. The van der Waals surface area contributed by atoms with Crippen molar-refractivity contribution in [3.8, 4) is 0 Å². The highest BCUT2D eigenvalue weighted by molar-refractivity contribution is 4.75. The fourth-order valence-electron chi connectivity index (χ4n) is 0.167. The molecule has 1 N–H and O–H groups in total. The zero-order valence-corrected chi connectivity index (χ0v) is 4.02. The van der Waals surface area contributed by atoms with Gasteiger partial charge in [-0.1, -0.05) is 13.0 Å². The van der Waals surface area contributed by atoms with Gasteiger partial charge in [-0.05, 0) is 6.42 Å². The van der Waals surface area contributed by atoms with Crippen LogP contribution in [0.4, 0.5) is 0 Å². The molecule has 0 saturated carbocycles.